The monoisotopic (exact) mass is 332 g/mol. The molecule has 1 atom stereocenters. The van der Waals surface area contributed by atoms with Gasteiger partial charge in [-0.2, -0.15) is 0 Å². The van der Waals surface area contributed by atoms with Crippen molar-refractivity contribution >= 4 is 57.4 Å². The number of halogens is 2. The van der Waals surface area contributed by atoms with Gasteiger partial charge in [0.05, 0.1) is 15.7 Å². The Morgan fingerprint density at radius 3 is 2.60 bits per heavy atom. The van der Waals surface area contributed by atoms with Crippen LogP contribution in [0.1, 0.15) is 13.3 Å². The molecule has 1 aromatic carbocycles. The second-order valence-electron chi connectivity index (χ2n) is 4.71. The van der Waals surface area contributed by atoms with Crippen molar-refractivity contribution in [2.45, 2.75) is 13.3 Å². The molecule has 0 aromatic heterocycles. The molecule has 0 aliphatic carbocycles. The number of hydrogen-bond acceptors (Lipinski definition) is 4. The first-order chi connectivity index (χ1) is 9.38. The molecule has 108 valence electrons. The Labute approximate surface area is 131 Å². The van der Waals surface area contributed by atoms with Crippen molar-refractivity contribution in [1.82, 2.24) is 0 Å². The lowest BCUT2D eigenvalue weighted by Crippen LogP contribution is -2.25. The summed E-state index contributed by atoms with van der Waals surface area (Å²) in [5.41, 5.74) is 6.62. The normalized spacial score (nSPS) is 18.6. The molecule has 20 heavy (non-hydrogen) atoms. The Kier molecular flexibility index (Phi) is 4.83. The lowest BCUT2D eigenvalue weighted by Gasteiger charge is -2.20. The van der Waals surface area contributed by atoms with Gasteiger partial charge in [-0.25, -0.2) is 0 Å². The SMILES string of the molecule is CC(=O)SCC1CC(=O)N(c2c(Cl)cc(N)cc2Cl)C1. The maximum atomic E-state index is 12.1. The highest BCUT2D eigenvalue weighted by Gasteiger charge is 2.33. The number of carbonyl (C=O) groups is 2. The van der Waals surface area contributed by atoms with Crippen molar-refractivity contribution in [1.29, 1.82) is 0 Å². The highest BCUT2D eigenvalue weighted by molar-refractivity contribution is 8.13. The first kappa shape index (κ1) is 15.5. The lowest BCUT2D eigenvalue weighted by atomic mass is 10.1. The molecular formula is C13H14Cl2N2O2S. The Bertz CT molecular complexity index is 542. The average Bonchev–Trinajstić information content (AvgIpc) is 2.67. The van der Waals surface area contributed by atoms with Crippen molar-refractivity contribution in [3.8, 4) is 0 Å². The number of nitrogens with zero attached hydrogens (tertiary/aromatic N) is 1. The maximum Gasteiger partial charge on any atom is 0.227 e. The van der Waals surface area contributed by atoms with Crippen LogP contribution < -0.4 is 10.6 Å². The number of carbonyl (C=O) groups excluding carboxylic acids is 2. The number of amides is 1. The molecule has 1 saturated heterocycles. The highest BCUT2D eigenvalue weighted by Crippen LogP contribution is 2.39. The molecule has 4 nitrogen and oxygen atoms in total. The predicted octanol–water partition coefficient (Wildman–Crippen LogP) is 3.21. The Morgan fingerprint density at radius 2 is 2.05 bits per heavy atom. The second kappa shape index (κ2) is 6.24. The number of benzene rings is 1. The average molecular weight is 333 g/mol. The Hall–Kier alpha value is -0.910. The standard InChI is InChI=1S/C13H14Cl2N2O2S/c1-7(18)20-6-8-2-12(19)17(5-8)13-10(14)3-9(16)4-11(13)15/h3-4,8H,2,5-6,16H2,1H3. The summed E-state index contributed by atoms with van der Waals surface area (Å²) >= 11 is 13.5. The predicted molar refractivity (Wildman–Crippen MR) is 84.5 cm³/mol. The third kappa shape index (κ3) is 3.40. The van der Waals surface area contributed by atoms with E-state index in [-0.39, 0.29) is 16.9 Å². The van der Waals surface area contributed by atoms with Gasteiger partial charge >= 0.3 is 0 Å². The fraction of sp³-hybridized carbons (Fsp3) is 0.385. The van der Waals surface area contributed by atoms with Gasteiger partial charge in [-0.3, -0.25) is 9.59 Å². The number of anilines is 2. The molecule has 0 spiro atoms. The quantitative estimate of drug-likeness (QED) is 0.863. The molecule has 2 N–H and O–H groups in total. The largest absolute Gasteiger partial charge is 0.399 e. The number of thioether (sulfide) groups is 1. The highest BCUT2D eigenvalue weighted by atomic mass is 35.5. The maximum absolute atomic E-state index is 12.1. The molecule has 1 unspecified atom stereocenters. The van der Waals surface area contributed by atoms with Crippen molar-refractivity contribution in [2.75, 3.05) is 22.9 Å². The number of rotatable bonds is 3. The van der Waals surface area contributed by atoms with Crippen molar-refractivity contribution in [2.24, 2.45) is 5.92 Å². The van der Waals surface area contributed by atoms with Crippen LogP contribution in [-0.4, -0.2) is 23.3 Å². The van der Waals surface area contributed by atoms with Crippen LogP contribution in [0.25, 0.3) is 0 Å². The van der Waals surface area contributed by atoms with Gasteiger partial charge in [-0.1, -0.05) is 35.0 Å². The van der Waals surface area contributed by atoms with E-state index in [1.165, 1.54) is 18.7 Å². The molecule has 1 fully saturated rings. The zero-order valence-corrected chi connectivity index (χ0v) is 13.2. The van der Waals surface area contributed by atoms with E-state index in [4.69, 9.17) is 28.9 Å². The van der Waals surface area contributed by atoms with Crippen LogP contribution in [0.3, 0.4) is 0 Å². The van der Waals surface area contributed by atoms with Crippen molar-refractivity contribution in [3.05, 3.63) is 22.2 Å². The topological polar surface area (TPSA) is 63.4 Å². The van der Waals surface area contributed by atoms with E-state index >= 15 is 0 Å². The van der Waals surface area contributed by atoms with Crippen molar-refractivity contribution < 1.29 is 9.59 Å². The number of hydrogen-bond donors (Lipinski definition) is 1. The van der Waals surface area contributed by atoms with E-state index in [2.05, 4.69) is 0 Å². The van der Waals surface area contributed by atoms with Gasteiger partial charge in [0.1, 0.15) is 0 Å². The van der Waals surface area contributed by atoms with Crippen LogP contribution in [0, 0.1) is 5.92 Å². The molecule has 1 aromatic rings. The van der Waals surface area contributed by atoms with Crippen LogP contribution in [0.4, 0.5) is 11.4 Å². The molecule has 1 amide bonds. The minimum Gasteiger partial charge on any atom is -0.399 e. The van der Waals surface area contributed by atoms with Crippen LogP contribution in [0.5, 0.6) is 0 Å². The summed E-state index contributed by atoms with van der Waals surface area (Å²) < 4.78 is 0. The number of nitrogen functional groups attached to an aromatic ring is 1. The third-order valence-corrected chi connectivity index (χ3v) is 4.66. The summed E-state index contributed by atoms with van der Waals surface area (Å²) in [5, 5.41) is 0.783. The zero-order valence-electron chi connectivity index (χ0n) is 10.9. The first-order valence-corrected chi connectivity index (χ1v) is 7.81. The molecule has 0 bridgehead atoms. The summed E-state index contributed by atoms with van der Waals surface area (Å²) in [6.45, 7) is 2.04. The van der Waals surface area contributed by atoms with Gasteiger partial charge < -0.3 is 10.6 Å². The number of nitrogens with two attached hydrogens (primary N) is 1. The van der Waals surface area contributed by atoms with E-state index in [0.29, 0.717) is 40.1 Å². The Balaban J connectivity index is 2.18. The minimum absolute atomic E-state index is 0.0345. The van der Waals surface area contributed by atoms with Crippen LogP contribution >= 0.6 is 35.0 Å². The Morgan fingerprint density at radius 1 is 1.45 bits per heavy atom. The lowest BCUT2D eigenvalue weighted by molar-refractivity contribution is -0.117. The van der Waals surface area contributed by atoms with E-state index in [1.54, 1.807) is 17.0 Å². The molecular weight excluding hydrogens is 319 g/mol. The molecule has 1 aliphatic rings. The molecule has 0 radical (unpaired) electrons. The van der Waals surface area contributed by atoms with E-state index in [0.717, 1.165) is 0 Å². The van der Waals surface area contributed by atoms with E-state index in [1.807, 2.05) is 0 Å². The fourth-order valence-corrected chi connectivity index (χ4v) is 3.59. The first-order valence-electron chi connectivity index (χ1n) is 6.06. The smallest absolute Gasteiger partial charge is 0.227 e. The second-order valence-corrected chi connectivity index (χ2v) is 6.72. The summed E-state index contributed by atoms with van der Waals surface area (Å²) in [4.78, 5) is 24.7. The van der Waals surface area contributed by atoms with E-state index in [9.17, 15) is 9.59 Å². The van der Waals surface area contributed by atoms with Crippen LogP contribution in [0.2, 0.25) is 10.0 Å². The van der Waals surface area contributed by atoms with Crippen molar-refractivity contribution in [3.63, 3.8) is 0 Å². The summed E-state index contributed by atoms with van der Waals surface area (Å²) in [6.07, 6.45) is 0.400. The molecule has 0 saturated carbocycles. The molecule has 1 heterocycles. The van der Waals surface area contributed by atoms with Gasteiger partial charge in [-0.05, 0) is 18.1 Å². The zero-order chi connectivity index (χ0) is 14.9. The molecule has 2 rings (SSSR count). The summed E-state index contributed by atoms with van der Waals surface area (Å²) in [5.74, 6) is 0.718. The van der Waals surface area contributed by atoms with Crippen LogP contribution in [0.15, 0.2) is 12.1 Å². The van der Waals surface area contributed by atoms with E-state index < -0.39 is 0 Å². The van der Waals surface area contributed by atoms with Crippen LogP contribution in [-0.2, 0) is 9.59 Å². The fourth-order valence-electron chi connectivity index (χ4n) is 2.19. The summed E-state index contributed by atoms with van der Waals surface area (Å²) in [7, 11) is 0. The molecule has 1 aliphatic heterocycles. The van der Waals surface area contributed by atoms with Gasteiger partial charge in [-0.15, -0.1) is 0 Å². The van der Waals surface area contributed by atoms with Gasteiger partial charge in [0, 0.05) is 31.3 Å². The third-order valence-electron chi connectivity index (χ3n) is 3.04. The van der Waals surface area contributed by atoms with Gasteiger partial charge in [0.2, 0.25) is 5.91 Å². The summed E-state index contributed by atoms with van der Waals surface area (Å²) in [6, 6.07) is 3.15. The van der Waals surface area contributed by atoms with Gasteiger partial charge in [0.25, 0.3) is 0 Å². The minimum atomic E-state index is -0.0345. The molecule has 7 heteroatoms. The van der Waals surface area contributed by atoms with Gasteiger partial charge in [0.15, 0.2) is 5.12 Å².